The fourth-order valence-electron chi connectivity index (χ4n) is 6.37. The van der Waals surface area contributed by atoms with Crippen LogP contribution in [0.15, 0.2) is 36.5 Å². The van der Waals surface area contributed by atoms with Crippen LogP contribution in [0, 0.1) is 0 Å². The molecule has 0 fully saturated rings. The van der Waals surface area contributed by atoms with E-state index in [1.165, 1.54) is 109 Å². The van der Waals surface area contributed by atoms with Crippen LogP contribution in [-0.2, 0) is 32.7 Å². The molecule has 0 spiro atoms. The highest BCUT2D eigenvalue weighted by Gasteiger charge is 2.27. The smallest absolute Gasteiger partial charge is 0.462 e. The number of unbranched alkanes of at least 4 members (excludes halogenated alkanes) is 24. The maximum Gasteiger partial charge on any atom is 0.472 e. The van der Waals surface area contributed by atoms with Crippen molar-refractivity contribution in [2.24, 2.45) is 0 Å². The number of esters is 2. The van der Waals surface area contributed by atoms with Gasteiger partial charge < -0.3 is 24.6 Å². The molecule has 0 radical (unpaired) electrons. The van der Waals surface area contributed by atoms with Gasteiger partial charge in [-0.2, -0.15) is 0 Å². The average Bonchev–Trinajstić information content (AvgIpc) is 3.21. The molecule has 10 nitrogen and oxygen atoms in total. The molecule has 0 aliphatic carbocycles. The van der Waals surface area contributed by atoms with Gasteiger partial charge in [0.2, 0.25) is 0 Å². The summed E-state index contributed by atoms with van der Waals surface area (Å²) >= 11 is 0. The summed E-state index contributed by atoms with van der Waals surface area (Å²) in [7, 11) is -4.62. The minimum absolute atomic E-state index is 0.178. The van der Waals surface area contributed by atoms with Crippen molar-refractivity contribution in [1.82, 2.24) is 0 Å². The molecule has 0 aromatic heterocycles. The highest BCUT2D eigenvalue weighted by atomic mass is 31.2. The summed E-state index contributed by atoms with van der Waals surface area (Å²) in [5.41, 5.74) is 0. The average molecular weight is 843 g/mol. The summed E-state index contributed by atoms with van der Waals surface area (Å²) in [6, 6.07) is 0. The van der Waals surface area contributed by atoms with Gasteiger partial charge in [0.1, 0.15) is 12.7 Å². The van der Waals surface area contributed by atoms with E-state index in [0.717, 1.165) is 64.2 Å². The number of ether oxygens (including phenoxy) is 2. The fourth-order valence-corrected chi connectivity index (χ4v) is 7.16. The first kappa shape index (κ1) is 56.2. The zero-order chi connectivity index (χ0) is 42.6. The summed E-state index contributed by atoms with van der Waals surface area (Å²) in [5, 5.41) is 18.4. The zero-order valence-electron chi connectivity index (χ0n) is 37.0. The van der Waals surface area contributed by atoms with E-state index in [1.54, 1.807) is 0 Å². The van der Waals surface area contributed by atoms with Crippen molar-refractivity contribution in [2.75, 3.05) is 26.4 Å². The SMILES string of the molecule is CCCCC/C=C\C/C=C\CCCCCCCCCCCC(=O)O[C@H](COC(=O)CCCCCCC/C=C\CCCCCCCCC)COP(=O)(O)OC[C@@H](O)CO. The molecule has 0 heterocycles. The third-order valence-corrected chi connectivity index (χ3v) is 11.0. The second-order valence-electron chi connectivity index (χ2n) is 15.8. The molecular formula is C47H87O10P. The first-order valence-electron chi connectivity index (χ1n) is 23.4. The molecule has 0 amide bonds. The van der Waals surface area contributed by atoms with Gasteiger partial charge in [0.25, 0.3) is 0 Å². The Balaban J connectivity index is 4.25. The summed E-state index contributed by atoms with van der Waals surface area (Å²) in [6.45, 7) is 2.36. The lowest BCUT2D eigenvalue weighted by atomic mass is 10.1. The van der Waals surface area contributed by atoms with E-state index in [4.69, 9.17) is 23.6 Å². The highest BCUT2D eigenvalue weighted by molar-refractivity contribution is 7.47. The molecule has 0 aromatic rings. The molecule has 340 valence electrons. The van der Waals surface area contributed by atoms with Crippen LogP contribution in [0.5, 0.6) is 0 Å². The Morgan fingerprint density at radius 2 is 0.897 bits per heavy atom. The van der Waals surface area contributed by atoms with Crippen LogP contribution < -0.4 is 0 Å². The summed E-state index contributed by atoms with van der Waals surface area (Å²) < 4.78 is 32.8. The van der Waals surface area contributed by atoms with Crippen LogP contribution in [-0.4, -0.2) is 65.7 Å². The zero-order valence-corrected chi connectivity index (χ0v) is 37.9. The van der Waals surface area contributed by atoms with E-state index in [2.05, 4.69) is 50.3 Å². The first-order valence-corrected chi connectivity index (χ1v) is 24.9. The lowest BCUT2D eigenvalue weighted by Crippen LogP contribution is -2.29. The first-order chi connectivity index (χ1) is 28.2. The molecule has 0 bridgehead atoms. The topological polar surface area (TPSA) is 149 Å². The Hall–Kier alpha value is -1.81. The maximum atomic E-state index is 12.6. The van der Waals surface area contributed by atoms with Gasteiger partial charge in [-0.1, -0.05) is 166 Å². The number of carbonyl (C=O) groups is 2. The van der Waals surface area contributed by atoms with Crippen LogP contribution in [0.2, 0.25) is 0 Å². The molecule has 0 saturated carbocycles. The Bertz CT molecular complexity index is 1060. The number of hydrogen-bond acceptors (Lipinski definition) is 9. The standard InChI is InChI=1S/C47H87O10P/c1-3-5-7-9-11-13-15-17-19-21-22-23-25-27-29-31-33-35-37-39-47(51)57-45(43-56-58(52,53)55-41-44(49)40-48)42-54-46(50)38-36-34-32-30-28-26-24-20-18-16-14-12-10-8-6-4-2/h11,13,17,19-20,24,44-45,48-49H,3-10,12,14-16,18,21-23,25-43H2,1-2H3,(H,52,53)/b13-11-,19-17-,24-20-/t44-,45+/m0/s1. The molecule has 1 unspecified atom stereocenters. The van der Waals surface area contributed by atoms with Gasteiger partial charge in [-0.3, -0.25) is 18.6 Å². The largest absolute Gasteiger partial charge is 0.472 e. The van der Waals surface area contributed by atoms with E-state index in [9.17, 15) is 24.2 Å². The van der Waals surface area contributed by atoms with Crippen LogP contribution in [0.1, 0.15) is 213 Å². The van der Waals surface area contributed by atoms with Crippen LogP contribution >= 0.6 is 7.82 Å². The van der Waals surface area contributed by atoms with Crippen LogP contribution in [0.3, 0.4) is 0 Å². The third kappa shape index (κ3) is 42.3. The van der Waals surface area contributed by atoms with Gasteiger partial charge in [-0.15, -0.1) is 0 Å². The van der Waals surface area contributed by atoms with Crippen LogP contribution in [0.25, 0.3) is 0 Å². The molecule has 3 atom stereocenters. The summed E-state index contributed by atoms with van der Waals surface area (Å²) in [5.74, 6) is -0.934. The Kier molecular flexibility index (Phi) is 41.9. The number of rotatable bonds is 44. The molecule has 58 heavy (non-hydrogen) atoms. The second kappa shape index (κ2) is 43.3. The monoisotopic (exact) mass is 843 g/mol. The minimum Gasteiger partial charge on any atom is -0.462 e. The van der Waals surface area contributed by atoms with Crippen molar-refractivity contribution in [1.29, 1.82) is 0 Å². The lowest BCUT2D eigenvalue weighted by Gasteiger charge is -2.20. The Morgan fingerprint density at radius 3 is 1.38 bits per heavy atom. The number of aliphatic hydroxyl groups excluding tert-OH is 2. The lowest BCUT2D eigenvalue weighted by molar-refractivity contribution is -0.161. The third-order valence-electron chi connectivity index (χ3n) is 10.0. The van der Waals surface area contributed by atoms with Crippen molar-refractivity contribution in [3.8, 4) is 0 Å². The number of carbonyl (C=O) groups excluding carboxylic acids is 2. The molecule has 3 N–H and O–H groups in total. The number of phosphoric ester groups is 1. The number of phosphoric acid groups is 1. The van der Waals surface area contributed by atoms with Crippen LogP contribution in [0.4, 0.5) is 0 Å². The van der Waals surface area contributed by atoms with Crippen molar-refractivity contribution < 1.29 is 47.8 Å². The molecule has 0 rings (SSSR count). The van der Waals surface area contributed by atoms with Crippen molar-refractivity contribution in [3.63, 3.8) is 0 Å². The fraction of sp³-hybridized carbons (Fsp3) is 0.830. The molecule has 0 aliphatic rings. The van der Waals surface area contributed by atoms with Crippen molar-refractivity contribution >= 4 is 19.8 Å². The molecule has 0 aliphatic heterocycles. The molecular weight excluding hydrogens is 755 g/mol. The van der Waals surface area contributed by atoms with Crippen molar-refractivity contribution in [3.05, 3.63) is 36.5 Å². The highest BCUT2D eigenvalue weighted by Crippen LogP contribution is 2.43. The summed E-state index contributed by atoms with van der Waals surface area (Å²) in [4.78, 5) is 35.1. The second-order valence-corrected chi connectivity index (χ2v) is 17.2. The quantitative estimate of drug-likeness (QED) is 0.0234. The van der Waals surface area contributed by atoms with Gasteiger partial charge in [-0.25, -0.2) is 4.57 Å². The Morgan fingerprint density at radius 1 is 0.517 bits per heavy atom. The molecule has 0 aromatic carbocycles. The number of hydrogen-bond donors (Lipinski definition) is 3. The van der Waals surface area contributed by atoms with E-state index < -0.39 is 51.8 Å². The van der Waals surface area contributed by atoms with E-state index in [-0.39, 0.29) is 19.4 Å². The van der Waals surface area contributed by atoms with Gasteiger partial charge in [0, 0.05) is 12.8 Å². The van der Waals surface area contributed by atoms with Gasteiger partial charge in [0.05, 0.1) is 19.8 Å². The molecule has 11 heteroatoms. The van der Waals surface area contributed by atoms with E-state index in [1.807, 2.05) is 0 Å². The van der Waals surface area contributed by atoms with E-state index >= 15 is 0 Å². The Labute approximate surface area is 354 Å². The summed E-state index contributed by atoms with van der Waals surface area (Å²) in [6.07, 6.45) is 45.3. The predicted molar refractivity (Wildman–Crippen MR) is 238 cm³/mol. The van der Waals surface area contributed by atoms with Gasteiger partial charge >= 0.3 is 19.8 Å². The number of allylic oxidation sites excluding steroid dienone is 6. The molecule has 0 saturated heterocycles. The predicted octanol–water partition coefficient (Wildman–Crippen LogP) is 12.7. The number of aliphatic hydroxyl groups is 2. The van der Waals surface area contributed by atoms with E-state index in [0.29, 0.717) is 12.8 Å². The normalized spacial score (nSPS) is 14.1. The van der Waals surface area contributed by atoms with Crippen molar-refractivity contribution in [2.45, 2.75) is 225 Å². The minimum atomic E-state index is -4.62. The van der Waals surface area contributed by atoms with Gasteiger partial charge in [0.15, 0.2) is 6.10 Å². The maximum absolute atomic E-state index is 12.6. The van der Waals surface area contributed by atoms with Gasteiger partial charge in [-0.05, 0) is 70.6 Å².